The molecule has 3 rings (SSSR count). The summed E-state index contributed by atoms with van der Waals surface area (Å²) in [6.07, 6.45) is 0. The Morgan fingerprint density at radius 3 is 2.41 bits per heavy atom. The minimum atomic E-state index is -0.525. The molecule has 0 unspecified atom stereocenters. The van der Waals surface area contributed by atoms with Gasteiger partial charge in [-0.2, -0.15) is 0 Å². The topological polar surface area (TPSA) is 74.8 Å². The summed E-state index contributed by atoms with van der Waals surface area (Å²) in [5.41, 5.74) is 2.96. The molecule has 6 heteroatoms. The van der Waals surface area contributed by atoms with Gasteiger partial charge in [0.25, 0.3) is 5.91 Å². The number of para-hydroxylation sites is 1. The molecule has 3 aromatic rings. The summed E-state index contributed by atoms with van der Waals surface area (Å²) >= 11 is 1.66. The van der Waals surface area contributed by atoms with Gasteiger partial charge >= 0.3 is 6.03 Å². The van der Waals surface area contributed by atoms with Crippen molar-refractivity contribution in [2.24, 2.45) is 0 Å². The number of carbonyl (C=O) groups excluding carboxylic acids is 2. The maximum atomic E-state index is 12.2. The number of amides is 3. The van der Waals surface area contributed by atoms with Crippen LogP contribution in [0.15, 0.2) is 72.1 Å². The quantitative estimate of drug-likeness (QED) is 0.615. The molecule has 2 aromatic carbocycles. The fourth-order valence-electron chi connectivity index (χ4n) is 2.74. The summed E-state index contributed by atoms with van der Waals surface area (Å²) in [6.45, 7) is 2.20. The Hall–Kier alpha value is -2.96. The smallest absolute Gasteiger partial charge is 0.326 e. The van der Waals surface area contributed by atoms with Crippen molar-refractivity contribution in [3.05, 3.63) is 88.1 Å². The Kier molecular flexibility index (Phi) is 6.35. The number of carbonyl (C=O) groups is 2. The zero-order valence-corrected chi connectivity index (χ0v) is 15.8. The second-order valence-corrected chi connectivity index (χ2v) is 7.19. The van der Waals surface area contributed by atoms with Crippen LogP contribution in [0.5, 0.6) is 0 Å². The first-order valence-electron chi connectivity index (χ1n) is 8.71. The minimum Gasteiger partial charge on any atom is -0.328 e. The van der Waals surface area contributed by atoms with Crippen molar-refractivity contribution in [2.45, 2.75) is 13.0 Å². The number of anilines is 1. The highest BCUT2D eigenvalue weighted by atomic mass is 32.1. The Balaban J connectivity index is 1.59. The molecule has 0 radical (unpaired) electrons. The number of aryl methyl sites for hydroxylation is 1. The molecule has 0 bridgehead atoms. The molecule has 0 aliphatic heterocycles. The summed E-state index contributed by atoms with van der Waals surface area (Å²) in [5.74, 6) is -0.336. The van der Waals surface area contributed by atoms with E-state index >= 15 is 0 Å². The Labute approximate surface area is 162 Å². The number of thiophene rings is 1. The van der Waals surface area contributed by atoms with Gasteiger partial charge in [0.1, 0.15) is 6.04 Å². The van der Waals surface area contributed by atoms with Gasteiger partial charge in [0.05, 0.1) is 4.88 Å². The number of hydrogen-bond acceptors (Lipinski definition) is 3. The monoisotopic (exact) mass is 380 g/mol. The van der Waals surface area contributed by atoms with Gasteiger partial charge in [0.15, 0.2) is 6.54 Å². The first kappa shape index (κ1) is 18.8. The van der Waals surface area contributed by atoms with Gasteiger partial charge in [-0.1, -0.05) is 54.1 Å². The molecule has 1 atom stereocenters. The fourth-order valence-corrected chi connectivity index (χ4v) is 3.60. The SMILES string of the molecule is Cc1ccc([C@H]([NH2+]CC(=O)NC(=O)Nc2ccccc2)c2cccs2)cc1. The second-order valence-electron chi connectivity index (χ2n) is 6.21. The minimum absolute atomic E-state index is 0.0218. The molecular formula is C21H22N3O2S+. The maximum Gasteiger partial charge on any atom is 0.326 e. The lowest BCUT2D eigenvalue weighted by atomic mass is 10.0. The normalized spacial score (nSPS) is 11.6. The van der Waals surface area contributed by atoms with E-state index in [0.29, 0.717) is 5.69 Å². The van der Waals surface area contributed by atoms with Gasteiger partial charge in [-0.3, -0.25) is 10.1 Å². The second kappa shape index (κ2) is 9.12. The summed E-state index contributed by atoms with van der Waals surface area (Å²) in [7, 11) is 0. The lowest BCUT2D eigenvalue weighted by Gasteiger charge is -2.15. The molecule has 3 amide bonds. The van der Waals surface area contributed by atoms with E-state index in [-0.39, 0.29) is 18.5 Å². The van der Waals surface area contributed by atoms with Crippen LogP contribution in [0.1, 0.15) is 22.0 Å². The fraction of sp³-hybridized carbons (Fsp3) is 0.143. The highest BCUT2D eigenvalue weighted by Crippen LogP contribution is 2.22. The number of benzene rings is 2. The standard InChI is InChI=1S/C21H21N3O2S/c1-15-9-11-16(12-10-15)20(18-8-5-13-27-18)22-14-19(25)24-21(26)23-17-6-3-2-4-7-17/h2-13,20,22H,14H2,1H3,(H2,23,24,25,26)/p+1/t20-/m0/s1. The number of quaternary nitrogens is 1. The number of nitrogens with one attached hydrogen (secondary N) is 2. The van der Waals surface area contributed by atoms with Gasteiger partial charge in [0, 0.05) is 11.3 Å². The van der Waals surface area contributed by atoms with E-state index in [1.807, 2.05) is 41.9 Å². The van der Waals surface area contributed by atoms with Crippen molar-refractivity contribution in [1.29, 1.82) is 0 Å². The van der Waals surface area contributed by atoms with Gasteiger partial charge in [-0.05, 0) is 30.5 Å². The van der Waals surface area contributed by atoms with Crippen molar-refractivity contribution in [3.8, 4) is 0 Å². The molecule has 0 saturated heterocycles. The molecule has 0 fully saturated rings. The molecule has 5 nitrogen and oxygen atoms in total. The molecule has 0 spiro atoms. The van der Waals surface area contributed by atoms with Crippen LogP contribution in [0.2, 0.25) is 0 Å². The van der Waals surface area contributed by atoms with Gasteiger partial charge in [-0.25, -0.2) is 4.79 Å². The average molecular weight is 380 g/mol. The molecule has 0 saturated carbocycles. The molecule has 4 N–H and O–H groups in total. The predicted octanol–water partition coefficient (Wildman–Crippen LogP) is 3.06. The number of hydrogen-bond donors (Lipinski definition) is 3. The Morgan fingerprint density at radius 1 is 1.00 bits per heavy atom. The first-order chi connectivity index (χ1) is 13.1. The van der Waals surface area contributed by atoms with Gasteiger partial charge < -0.3 is 10.6 Å². The van der Waals surface area contributed by atoms with Crippen LogP contribution in [0.3, 0.4) is 0 Å². The molecule has 0 aliphatic carbocycles. The summed E-state index contributed by atoms with van der Waals surface area (Å²) in [5, 5.41) is 8.99. The third-order valence-electron chi connectivity index (χ3n) is 4.11. The van der Waals surface area contributed by atoms with E-state index < -0.39 is 6.03 Å². The zero-order chi connectivity index (χ0) is 19.1. The third kappa shape index (κ3) is 5.51. The molecule has 0 aliphatic rings. The Morgan fingerprint density at radius 2 is 1.74 bits per heavy atom. The zero-order valence-electron chi connectivity index (χ0n) is 15.0. The molecule has 1 heterocycles. The van der Waals surface area contributed by atoms with Crippen LogP contribution in [0.4, 0.5) is 10.5 Å². The number of imide groups is 1. The highest BCUT2D eigenvalue weighted by Gasteiger charge is 2.20. The highest BCUT2D eigenvalue weighted by molar-refractivity contribution is 7.10. The average Bonchev–Trinajstić information content (AvgIpc) is 3.18. The van der Waals surface area contributed by atoms with Crippen LogP contribution in [-0.4, -0.2) is 18.5 Å². The Bertz CT molecular complexity index is 878. The van der Waals surface area contributed by atoms with Crippen molar-refractivity contribution in [2.75, 3.05) is 11.9 Å². The molecule has 1 aromatic heterocycles. The van der Waals surface area contributed by atoms with E-state index in [2.05, 4.69) is 41.0 Å². The molecule has 27 heavy (non-hydrogen) atoms. The van der Waals surface area contributed by atoms with E-state index in [1.54, 1.807) is 23.5 Å². The lowest BCUT2D eigenvalue weighted by Crippen LogP contribution is -2.87. The van der Waals surface area contributed by atoms with Crippen LogP contribution in [0.25, 0.3) is 0 Å². The van der Waals surface area contributed by atoms with E-state index in [4.69, 9.17) is 0 Å². The van der Waals surface area contributed by atoms with Crippen LogP contribution >= 0.6 is 11.3 Å². The van der Waals surface area contributed by atoms with Crippen molar-refractivity contribution in [1.82, 2.24) is 5.32 Å². The summed E-state index contributed by atoms with van der Waals surface area (Å²) < 4.78 is 0. The van der Waals surface area contributed by atoms with Crippen LogP contribution in [-0.2, 0) is 4.79 Å². The van der Waals surface area contributed by atoms with Gasteiger partial charge in [0.2, 0.25) is 0 Å². The number of rotatable bonds is 6. The van der Waals surface area contributed by atoms with Gasteiger partial charge in [-0.15, -0.1) is 11.3 Å². The number of nitrogens with two attached hydrogens (primary N) is 1. The molecule has 138 valence electrons. The lowest BCUT2D eigenvalue weighted by molar-refractivity contribution is -0.676. The van der Waals surface area contributed by atoms with Crippen LogP contribution in [0, 0.1) is 6.92 Å². The predicted molar refractivity (Wildman–Crippen MR) is 108 cm³/mol. The largest absolute Gasteiger partial charge is 0.328 e. The maximum absolute atomic E-state index is 12.2. The van der Waals surface area contributed by atoms with Crippen molar-refractivity contribution >= 4 is 29.0 Å². The van der Waals surface area contributed by atoms with E-state index in [9.17, 15) is 9.59 Å². The summed E-state index contributed by atoms with van der Waals surface area (Å²) in [4.78, 5) is 25.3. The van der Waals surface area contributed by atoms with Crippen LogP contribution < -0.4 is 16.0 Å². The van der Waals surface area contributed by atoms with E-state index in [0.717, 1.165) is 5.56 Å². The molecular weight excluding hydrogens is 358 g/mol. The third-order valence-corrected chi connectivity index (χ3v) is 5.07. The van der Waals surface area contributed by atoms with Crippen molar-refractivity contribution in [3.63, 3.8) is 0 Å². The van der Waals surface area contributed by atoms with E-state index in [1.165, 1.54) is 10.4 Å². The van der Waals surface area contributed by atoms with Crippen molar-refractivity contribution < 1.29 is 14.9 Å². The first-order valence-corrected chi connectivity index (χ1v) is 9.59. The number of urea groups is 1. The summed E-state index contributed by atoms with van der Waals surface area (Å²) in [6, 6.07) is 20.9.